The van der Waals surface area contributed by atoms with Crippen LogP contribution in [-0.2, 0) is 4.79 Å². The maximum absolute atomic E-state index is 12.4. The van der Waals surface area contributed by atoms with Crippen LogP contribution in [0.15, 0.2) is 0 Å². The first-order chi connectivity index (χ1) is 8.81. The second kappa shape index (κ2) is 6.93. The van der Waals surface area contributed by atoms with Gasteiger partial charge in [0.05, 0.1) is 0 Å². The summed E-state index contributed by atoms with van der Waals surface area (Å²) in [6, 6.07) is 0. The zero-order chi connectivity index (χ0) is 16.2. The van der Waals surface area contributed by atoms with E-state index >= 15 is 0 Å². The molecular weight excluding hydrogens is 250 g/mol. The smallest absolute Gasteiger partial charge is 0.225 e. The van der Waals surface area contributed by atoms with Crippen molar-refractivity contribution in [1.82, 2.24) is 5.32 Å². The highest BCUT2D eigenvalue weighted by Crippen LogP contribution is 2.33. The molecule has 0 unspecified atom stereocenters. The van der Waals surface area contributed by atoms with E-state index in [2.05, 4.69) is 33.0 Å². The summed E-state index contributed by atoms with van der Waals surface area (Å²) in [5.74, 6) is 0.707. The van der Waals surface area contributed by atoms with E-state index in [-0.39, 0.29) is 23.3 Å². The molecule has 0 aliphatic rings. The Balaban J connectivity index is 4.53. The van der Waals surface area contributed by atoms with Gasteiger partial charge in [0.15, 0.2) is 0 Å². The molecule has 0 bridgehead atoms. The number of carbonyl (C=O) groups is 1. The molecule has 2 N–H and O–H groups in total. The third kappa shape index (κ3) is 7.28. The van der Waals surface area contributed by atoms with Crippen LogP contribution in [0.4, 0.5) is 0 Å². The van der Waals surface area contributed by atoms with E-state index in [0.717, 1.165) is 6.42 Å². The quantitative estimate of drug-likeness (QED) is 0.716. The molecule has 0 fully saturated rings. The standard InChI is InChI=1S/C17H35NO2/c1-13(2)9-15(3,4)11-18-14(20)17(7,8)10-16(5,6)12-19/h13,19H,9-12H2,1-8H3,(H,18,20). The summed E-state index contributed by atoms with van der Waals surface area (Å²) in [5.41, 5.74) is -0.569. The summed E-state index contributed by atoms with van der Waals surface area (Å²) < 4.78 is 0. The summed E-state index contributed by atoms with van der Waals surface area (Å²) in [6.45, 7) is 17.5. The molecule has 0 spiro atoms. The Morgan fingerprint density at radius 1 is 1.05 bits per heavy atom. The molecule has 1 amide bonds. The number of amides is 1. The first-order valence-corrected chi connectivity index (χ1v) is 7.70. The van der Waals surface area contributed by atoms with Gasteiger partial charge < -0.3 is 10.4 Å². The van der Waals surface area contributed by atoms with Gasteiger partial charge in [-0.05, 0) is 29.6 Å². The van der Waals surface area contributed by atoms with Crippen molar-refractivity contribution >= 4 is 5.91 Å². The minimum Gasteiger partial charge on any atom is -0.396 e. The van der Waals surface area contributed by atoms with Crippen molar-refractivity contribution < 1.29 is 9.90 Å². The van der Waals surface area contributed by atoms with Gasteiger partial charge >= 0.3 is 0 Å². The van der Waals surface area contributed by atoms with Crippen LogP contribution < -0.4 is 5.32 Å². The number of hydrogen-bond donors (Lipinski definition) is 2. The highest BCUT2D eigenvalue weighted by atomic mass is 16.3. The summed E-state index contributed by atoms with van der Waals surface area (Å²) in [4.78, 5) is 12.4. The van der Waals surface area contributed by atoms with Crippen molar-refractivity contribution in [2.45, 2.75) is 68.2 Å². The lowest BCUT2D eigenvalue weighted by Gasteiger charge is -2.34. The zero-order valence-electron chi connectivity index (χ0n) is 14.8. The van der Waals surface area contributed by atoms with Gasteiger partial charge in [-0.25, -0.2) is 0 Å². The van der Waals surface area contributed by atoms with Crippen molar-refractivity contribution in [3.63, 3.8) is 0 Å². The van der Waals surface area contributed by atoms with Crippen molar-refractivity contribution in [3.8, 4) is 0 Å². The van der Waals surface area contributed by atoms with Crippen molar-refractivity contribution in [2.75, 3.05) is 13.2 Å². The summed E-state index contributed by atoms with van der Waals surface area (Å²) in [5, 5.41) is 12.5. The van der Waals surface area contributed by atoms with Crippen LogP contribution in [0.2, 0.25) is 0 Å². The van der Waals surface area contributed by atoms with E-state index in [9.17, 15) is 9.90 Å². The van der Waals surface area contributed by atoms with E-state index < -0.39 is 5.41 Å². The van der Waals surface area contributed by atoms with Gasteiger partial charge in [-0.1, -0.05) is 55.4 Å². The van der Waals surface area contributed by atoms with Crippen LogP contribution in [0.25, 0.3) is 0 Å². The van der Waals surface area contributed by atoms with Crippen LogP contribution in [-0.4, -0.2) is 24.2 Å². The van der Waals surface area contributed by atoms with Gasteiger partial charge in [-0.2, -0.15) is 0 Å². The lowest BCUT2D eigenvalue weighted by molar-refractivity contribution is -0.131. The molecule has 0 atom stereocenters. The molecule has 0 rings (SSSR count). The average molecular weight is 285 g/mol. The molecular formula is C17H35NO2. The van der Waals surface area contributed by atoms with Crippen LogP contribution in [0.5, 0.6) is 0 Å². The highest BCUT2D eigenvalue weighted by molar-refractivity contribution is 5.81. The maximum atomic E-state index is 12.4. The molecule has 0 aromatic carbocycles. The SMILES string of the molecule is CC(C)CC(C)(C)CNC(=O)C(C)(C)CC(C)(C)CO. The van der Waals surface area contributed by atoms with Crippen molar-refractivity contribution in [1.29, 1.82) is 0 Å². The van der Waals surface area contributed by atoms with Crippen LogP contribution in [0, 0.1) is 22.2 Å². The maximum Gasteiger partial charge on any atom is 0.225 e. The Hall–Kier alpha value is -0.570. The highest BCUT2D eigenvalue weighted by Gasteiger charge is 2.35. The van der Waals surface area contributed by atoms with E-state index in [1.54, 1.807) is 0 Å². The zero-order valence-corrected chi connectivity index (χ0v) is 14.8. The van der Waals surface area contributed by atoms with Gasteiger partial charge in [0.25, 0.3) is 0 Å². The Morgan fingerprint density at radius 3 is 1.95 bits per heavy atom. The van der Waals surface area contributed by atoms with Crippen LogP contribution in [0.3, 0.4) is 0 Å². The lowest BCUT2D eigenvalue weighted by Crippen LogP contribution is -2.44. The predicted octanol–water partition coefficient (Wildman–Crippen LogP) is 3.61. The molecule has 120 valence electrons. The van der Waals surface area contributed by atoms with E-state index in [1.807, 2.05) is 27.7 Å². The number of nitrogens with one attached hydrogen (secondary N) is 1. The normalized spacial score (nSPS) is 13.7. The topological polar surface area (TPSA) is 49.3 Å². The summed E-state index contributed by atoms with van der Waals surface area (Å²) in [7, 11) is 0. The number of hydrogen-bond acceptors (Lipinski definition) is 2. The second-order valence-corrected chi connectivity index (χ2v) is 8.83. The molecule has 0 saturated carbocycles. The molecule has 3 heteroatoms. The molecule has 20 heavy (non-hydrogen) atoms. The largest absolute Gasteiger partial charge is 0.396 e. The molecule has 0 radical (unpaired) electrons. The summed E-state index contributed by atoms with van der Waals surface area (Å²) >= 11 is 0. The Kier molecular flexibility index (Phi) is 6.73. The first kappa shape index (κ1) is 19.4. The number of carbonyl (C=O) groups excluding carboxylic acids is 1. The Labute approximate surface area is 125 Å². The monoisotopic (exact) mass is 285 g/mol. The molecule has 0 aliphatic carbocycles. The fraction of sp³-hybridized carbons (Fsp3) is 0.941. The van der Waals surface area contributed by atoms with Gasteiger partial charge in [0.1, 0.15) is 0 Å². The van der Waals surface area contributed by atoms with Crippen LogP contribution >= 0.6 is 0 Å². The fourth-order valence-corrected chi connectivity index (χ4v) is 3.07. The molecule has 0 aliphatic heterocycles. The average Bonchev–Trinajstić information content (AvgIpc) is 2.22. The number of aliphatic hydroxyl groups is 1. The van der Waals surface area contributed by atoms with E-state index in [0.29, 0.717) is 18.9 Å². The van der Waals surface area contributed by atoms with E-state index in [1.165, 1.54) is 0 Å². The molecule has 0 aromatic rings. The number of rotatable bonds is 8. The third-order valence-corrected chi connectivity index (χ3v) is 3.65. The van der Waals surface area contributed by atoms with E-state index in [4.69, 9.17) is 0 Å². The van der Waals surface area contributed by atoms with Crippen LogP contribution in [0.1, 0.15) is 68.2 Å². The first-order valence-electron chi connectivity index (χ1n) is 7.70. The predicted molar refractivity (Wildman–Crippen MR) is 85.5 cm³/mol. The lowest BCUT2D eigenvalue weighted by atomic mass is 9.74. The number of aliphatic hydroxyl groups excluding tert-OH is 1. The second-order valence-electron chi connectivity index (χ2n) is 8.83. The minimum atomic E-state index is -0.458. The van der Waals surface area contributed by atoms with Crippen molar-refractivity contribution in [3.05, 3.63) is 0 Å². The minimum absolute atomic E-state index is 0.0795. The van der Waals surface area contributed by atoms with Gasteiger partial charge in [0, 0.05) is 18.6 Å². The molecule has 0 saturated heterocycles. The van der Waals surface area contributed by atoms with Crippen molar-refractivity contribution in [2.24, 2.45) is 22.2 Å². The van der Waals surface area contributed by atoms with Gasteiger partial charge in [-0.15, -0.1) is 0 Å². The molecule has 0 aromatic heterocycles. The third-order valence-electron chi connectivity index (χ3n) is 3.65. The molecule has 0 heterocycles. The Morgan fingerprint density at radius 2 is 1.55 bits per heavy atom. The Bertz CT molecular complexity index is 317. The van der Waals surface area contributed by atoms with Gasteiger partial charge in [-0.3, -0.25) is 4.79 Å². The summed E-state index contributed by atoms with van der Waals surface area (Å²) in [6.07, 6.45) is 1.77. The van der Waals surface area contributed by atoms with Gasteiger partial charge in [0.2, 0.25) is 5.91 Å². The fourth-order valence-electron chi connectivity index (χ4n) is 3.07. The molecule has 3 nitrogen and oxygen atoms in total.